The number of carbonyl (C=O) groups is 1. The summed E-state index contributed by atoms with van der Waals surface area (Å²) >= 11 is 0. The minimum atomic E-state index is -3.30. The van der Waals surface area contributed by atoms with E-state index in [1.54, 1.807) is 12.1 Å². The third-order valence-electron chi connectivity index (χ3n) is 3.77. The van der Waals surface area contributed by atoms with Gasteiger partial charge in [0, 0.05) is 17.4 Å². The van der Waals surface area contributed by atoms with Gasteiger partial charge in [0.25, 0.3) is 0 Å². The van der Waals surface area contributed by atoms with Gasteiger partial charge in [-0.1, -0.05) is 42.5 Å². The van der Waals surface area contributed by atoms with Crippen molar-refractivity contribution < 1.29 is 22.8 Å². The molecular weight excluding hydrogens is 370 g/mol. The molecule has 3 aromatic rings. The molecule has 2 amide bonds. The maximum absolute atomic E-state index is 11.7. The first kappa shape index (κ1) is 18.6. The Kier molecular flexibility index (Phi) is 5.24. The summed E-state index contributed by atoms with van der Waals surface area (Å²) in [7, 11) is -3.30. The quantitative estimate of drug-likeness (QED) is 0.457. The number of nitrogens with zero attached hydrogens (tertiary/aromatic N) is 1. The molecular formula is C18H17N3O5S. The molecule has 3 N–H and O–H groups in total. The number of urea groups is 1. The number of oxazole rings is 1. The molecule has 0 fully saturated rings. The molecule has 27 heavy (non-hydrogen) atoms. The molecule has 140 valence electrons. The predicted molar refractivity (Wildman–Crippen MR) is 97.6 cm³/mol. The van der Waals surface area contributed by atoms with Gasteiger partial charge in [0.2, 0.25) is 5.89 Å². The lowest BCUT2D eigenvalue weighted by Crippen LogP contribution is -2.32. The number of amides is 2. The number of hydrogen-bond donors (Lipinski definition) is 3. The second kappa shape index (κ2) is 7.60. The summed E-state index contributed by atoms with van der Waals surface area (Å²) in [6.45, 7) is -0.0341. The zero-order chi connectivity index (χ0) is 19.4. The lowest BCUT2D eigenvalue weighted by atomic mass is 10.1. The first-order valence-electron chi connectivity index (χ1n) is 7.92. The van der Waals surface area contributed by atoms with Gasteiger partial charge in [0.15, 0.2) is 15.6 Å². The first-order chi connectivity index (χ1) is 12.9. The largest absolute Gasteiger partial charge is 0.438 e. The van der Waals surface area contributed by atoms with Gasteiger partial charge < -0.3 is 9.73 Å². The molecule has 0 unspecified atom stereocenters. The number of benzene rings is 2. The van der Waals surface area contributed by atoms with Crippen LogP contribution in [0.1, 0.15) is 5.89 Å². The number of hydrogen-bond acceptors (Lipinski definition) is 6. The van der Waals surface area contributed by atoms with Crippen LogP contribution < -0.4 is 10.8 Å². The Morgan fingerprint density at radius 2 is 1.74 bits per heavy atom. The lowest BCUT2D eigenvalue weighted by Gasteiger charge is -2.03. The van der Waals surface area contributed by atoms with E-state index in [0.717, 1.165) is 11.8 Å². The van der Waals surface area contributed by atoms with Crippen molar-refractivity contribution in [3.63, 3.8) is 0 Å². The third-order valence-corrected chi connectivity index (χ3v) is 4.89. The van der Waals surface area contributed by atoms with Gasteiger partial charge in [0.05, 0.1) is 11.4 Å². The lowest BCUT2D eigenvalue weighted by molar-refractivity contribution is 0.161. The van der Waals surface area contributed by atoms with E-state index in [1.165, 1.54) is 17.6 Å². The summed E-state index contributed by atoms with van der Waals surface area (Å²) in [5.41, 5.74) is 3.43. The highest BCUT2D eigenvalue weighted by Gasteiger charge is 2.18. The monoisotopic (exact) mass is 387 g/mol. The summed E-state index contributed by atoms with van der Waals surface area (Å²) < 4.78 is 29.1. The standard InChI is InChI=1S/C18H17N3O5S/c1-27(24,25)14-9-7-12(8-10-14)16-17(13-5-3-2-4-6-13)26-15(20-16)11-19-18(22)21-23/h2-10,23H,11H2,1H3,(H2,19,21,22). The molecule has 0 radical (unpaired) electrons. The van der Waals surface area contributed by atoms with E-state index in [1.807, 2.05) is 30.3 Å². The van der Waals surface area contributed by atoms with Gasteiger partial charge in [-0.15, -0.1) is 0 Å². The number of nitrogens with one attached hydrogen (secondary N) is 2. The van der Waals surface area contributed by atoms with Crippen LogP contribution in [-0.4, -0.2) is 30.9 Å². The average molecular weight is 387 g/mol. The van der Waals surface area contributed by atoms with Crippen LogP contribution in [0, 0.1) is 0 Å². The van der Waals surface area contributed by atoms with E-state index in [4.69, 9.17) is 9.62 Å². The molecule has 1 heterocycles. The molecule has 9 heteroatoms. The highest BCUT2D eigenvalue weighted by atomic mass is 32.2. The van der Waals surface area contributed by atoms with E-state index < -0.39 is 15.9 Å². The highest BCUT2D eigenvalue weighted by Crippen LogP contribution is 2.33. The maximum atomic E-state index is 11.7. The fourth-order valence-electron chi connectivity index (χ4n) is 2.48. The number of hydroxylamine groups is 1. The summed E-state index contributed by atoms with van der Waals surface area (Å²) in [5.74, 6) is 0.726. The Hall–Kier alpha value is -3.17. The van der Waals surface area contributed by atoms with Gasteiger partial charge in [-0.3, -0.25) is 5.21 Å². The molecule has 8 nitrogen and oxygen atoms in total. The van der Waals surface area contributed by atoms with E-state index >= 15 is 0 Å². The van der Waals surface area contributed by atoms with Gasteiger partial charge in [-0.25, -0.2) is 23.7 Å². The molecule has 0 aliphatic carbocycles. The minimum Gasteiger partial charge on any atom is -0.438 e. The predicted octanol–water partition coefficient (Wildman–Crippen LogP) is 2.60. The van der Waals surface area contributed by atoms with Crippen LogP contribution in [0.15, 0.2) is 63.9 Å². The average Bonchev–Trinajstić information content (AvgIpc) is 3.10. The van der Waals surface area contributed by atoms with Crippen molar-refractivity contribution in [3.8, 4) is 22.6 Å². The van der Waals surface area contributed by atoms with Crippen LogP contribution >= 0.6 is 0 Å². The smallest absolute Gasteiger partial charge is 0.338 e. The van der Waals surface area contributed by atoms with E-state index in [9.17, 15) is 13.2 Å². The number of sulfone groups is 1. The molecule has 0 saturated heterocycles. The fourth-order valence-corrected chi connectivity index (χ4v) is 3.11. The summed E-state index contributed by atoms with van der Waals surface area (Å²) in [4.78, 5) is 15.8. The number of aromatic nitrogens is 1. The molecule has 0 aliphatic rings. The summed E-state index contributed by atoms with van der Waals surface area (Å²) in [5, 5.41) is 10.9. The van der Waals surface area contributed by atoms with E-state index in [-0.39, 0.29) is 17.3 Å². The second-order valence-electron chi connectivity index (χ2n) is 5.74. The van der Waals surface area contributed by atoms with Crippen molar-refractivity contribution in [2.75, 3.05) is 6.26 Å². The molecule has 0 saturated carbocycles. The van der Waals surface area contributed by atoms with Crippen molar-refractivity contribution >= 4 is 15.9 Å². The van der Waals surface area contributed by atoms with Crippen LogP contribution in [0.5, 0.6) is 0 Å². The van der Waals surface area contributed by atoms with Crippen LogP contribution in [0.3, 0.4) is 0 Å². The Morgan fingerprint density at radius 3 is 2.33 bits per heavy atom. The molecule has 0 bridgehead atoms. The maximum Gasteiger partial charge on any atom is 0.338 e. The van der Waals surface area contributed by atoms with E-state index in [2.05, 4.69) is 10.3 Å². The van der Waals surface area contributed by atoms with Crippen LogP contribution in [0.4, 0.5) is 4.79 Å². The minimum absolute atomic E-state index is 0.0341. The van der Waals surface area contributed by atoms with Gasteiger partial charge >= 0.3 is 6.03 Å². The molecule has 0 aliphatic heterocycles. The zero-order valence-corrected chi connectivity index (χ0v) is 15.2. The van der Waals surface area contributed by atoms with Crippen LogP contribution in [0.25, 0.3) is 22.6 Å². The van der Waals surface area contributed by atoms with Gasteiger partial charge in [-0.05, 0) is 12.1 Å². The number of rotatable bonds is 5. The first-order valence-corrected chi connectivity index (χ1v) is 9.81. The van der Waals surface area contributed by atoms with Gasteiger partial charge in [0.1, 0.15) is 5.69 Å². The fraction of sp³-hybridized carbons (Fsp3) is 0.111. The second-order valence-corrected chi connectivity index (χ2v) is 7.76. The summed E-state index contributed by atoms with van der Waals surface area (Å²) in [6.07, 6.45) is 1.14. The molecule has 3 rings (SSSR count). The van der Waals surface area contributed by atoms with Crippen LogP contribution in [0.2, 0.25) is 0 Å². The SMILES string of the molecule is CS(=O)(=O)c1ccc(-c2nc(CNC(=O)NO)oc2-c2ccccc2)cc1. The number of carbonyl (C=O) groups excluding carboxylic acids is 1. The molecule has 0 atom stereocenters. The Balaban J connectivity index is 2.02. The molecule has 2 aromatic carbocycles. The Bertz CT molecular complexity index is 1040. The zero-order valence-electron chi connectivity index (χ0n) is 14.3. The Morgan fingerprint density at radius 1 is 1.07 bits per heavy atom. The highest BCUT2D eigenvalue weighted by molar-refractivity contribution is 7.90. The Labute approximate surface area is 155 Å². The summed E-state index contributed by atoms with van der Waals surface area (Å²) in [6, 6.07) is 14.8. The molecule has 0 spiro atoms. The van der Waals surface area contributed by atoms with Crippen molar-refractivity contribution in [1.82, 2.24) is 15.8 Å². The molecule has 1 aromatic heterocycles. The van der Waals surface area contributed by atoms with Gasteiger partial charge in [-0.2, -0.15) is 0 Å². The van der Waals surface area contributed by atoms with Crippen molar-refractivity contribution in [2.24, 2.45) is 0 Å². The normalized spacial score (nSPS) is 11.2. The van der Waals surface area contributed by atoms with E-state index in [0.29, 0.717) is 17.0 Å². The topological polar surface area (TPSA) is 122 Å². The van der Waals surface area contributed by atoms with Crippen molar-refractivity contribution in [1.29, 1.82) is 0 Å². The third kappa shape index (κ3) is 4.33. The van der Waals surface area contributed by atoms with Crippen LogP contribution in [-0.2, 0) is 16.4 Å². The van der Waals surface area contributed by atoms with Crippen molar-refractivity contribution in [3.05, 3.63) is 60.5 Å². The van der Waals surface area contributed by atoms with Crippen molar-refractivity contribution in [2.45, 2.75) is 11.4 Å².